The van der Waals surface area contributed by atoms with Crippen molar-refractivity contribution in [3.8, 4) is 5.75 Å². The Bertz CT molecular complexity index is 1200. The number of benzene rings is 2. The summed E-state index contributed by atoms with van der Waals surface area (Å²) < 4.78 is 32.1. The van der Waals surface area contributed by atoms with E-state index in [2.05, 4.69) is 5.32 Å². The molecule has 0 saturated carbocycles. The van der Waals surface area contributed by atoms with Crippen molar-refractivity contribution in [2.24, 2.45) is 0 Å². The van der Waals surface area contributed by atoms with Crippen LogP contribution in [-0.4, -0.2) is 57.1 Å². The normalized spacial score (nSPS) is 13.0. The van der Waals surface area contributed by atoms with E-state index in [4.69, 9.17) is 27.9 Å². The third-order valence-electron chi connectivity index (χ3n) is 6.06. The molecule has 2 atom stereocenters. The topological polar surface area (TPSA) is 96.0 Å². The molecule has 0 heterocycles. The lowest BCUT2D eigenvalue weighted by atomic mass is 10.1. The summed E-state index contributed by atoms with van der Waals surface area (Å²) in [5.74, 6) is -0.630. The summed E-state index contributed by atoms with van der Waals surface area (Å²) >= 11 is 12.8. The van der Waals surface area contributed by atoms with Crippen LogP contribution in [0.2, 0.25) is 10.0 Å². The van der Waals surface area contributed by atoms with Gasteiger partial charge in [0.25, 0.3) is 0 Å². The number of rotatable bonds is 12. The smallest absolute Gasteiger partial charge is 0.244 e. The van der Waals surface area contributed by atoms with Gasteiger partial charge in [-0.2, -0.15) is 0 Å². The zero-order valence-corrected chi connectivity index (χ0v) is 24.4. The average molecular weight is 573 g/mol. The SMILES string of the molecule is CC[C@H](C)NC(=O)[C@H](CC)N(Cc1c(Cl)cccc1Cl)C(=O)CN(c1cc(C)ccc1OC)S(C)(=O)=O. The number of ether oxygens (including phenoxy) is 1. The third-order valence-corrected chi connectivity index (χ3v) is 7.89. The largest absolute Gasteiger partial charge is 0.495 e. The molecule has 0 aliphatic carbocycles. The molecule has 0 saturated heterocycles. The van der Waals surface area contributed by atoms with Gasteiger partial charge in [0, 0.05) is 28.2 Å². The van der Waals surface area contributed by atoms with Crippen molar-refractivity contribution in [2.75, 3.05) is 24.2 Å². The van der Waals surface area contributed by atoms with Gasteiger partial charge in [-0.3, -0.25) is 13.9 Å². The van der Waals surface area contributed by atoms with Gasteiger partial charge in [-0.15, -0.1) is 0 Å². The summed E-state index contributed by atoms with van der Waals surface area (Å²) in [5, 5.41) is 3.59. The van der Waals surface area contributed by atoms with Crippen LogP contribution in [0.4, 0.5) is 5.69 Å². The van der Waals surface area contributed by atoms with Crippen molar-refractivity contribution < 1.29 is 22.7 Å². The van der Waals surface area contributed by atoms with Crippen LogP contribution in [0, 0.1) is 6.92 Å². The lowest BCUT2D eigenvalue weighted by molar-refractivity contribution is -0.140. The number of hydrogen-bond acceptors (Lipinski definition) is 5. The second-order valence-electron chi connectivity index (χ2n) is 8.91. The standard InChI is InChI=1S/C26H35Cl2N3O5S/c1-7-18(4)29-26(33)22(8-2)30(15-19-20(27)10-9-11-21(19)28)25(32)16-31(37(6,34)35)23-14-17(3)12-13-24(23)36-5/h9-14,18,22H,7-8,15-16H2,1-6H3,(H,29,33)/t18-,22-/m0/s1. The van der Waals surface area contributed by atoms with Crippen molar-refractivity contribution in [3.63, 3.8) is 0 Å². The average Bonchev–Trinajstić information content (AvgIpc) is 2.83. The number of carbonyl (C=O) groups excluding carboxylic acids is 2. The van der Waals surface area contributed by atoms with Crippen LogP contribution in [0.5, 0.6) is 5.75 Å². The minimum atomic E-state index is -3.91. The molecule has 0 radical (unpaired) electrons. The van der Waals surface area contributed by atoms with Crippen LogP contribution in [0.3, 0.4) is 0 Å². The van der Waals surface area contributed by atoms with Crippen molar-refractivity contribution in [1.82, 2.24) is 10.2 Å². The zero-order valence-electron chi connectivity index (χ0n) is 22.0. The van der Waals surface area contributed by atoms with E-state index in [1.165, 1.54) is 12.0 Å². The van der Waals surface area contributed by atoms with E-state index in [-0.39, 0.29) is 24.2 Å². The first-order valence-corrected chi connectivity index (χ1v) is 14.6. The summed E-state index contributed by atoms with van der Waals surface area (Å²) in [5.41, 5.74) is 1.48. The number of aryl methyl sites for hydroxylation is 1. The molecule has 37 heavy (non-hydrogen) atoms. The number of hydrogen-bond donors (Lipinski definition) is 1. The molecule has 2 amide bonds. The number of anilines is 1. The van der Waals surface area contributed by atoms with Gasteiger partial charge in [0.05, 0.1) is 19.1 Å². The van der Waals surface area contributed by atoms with Crippen molar-refractivity contribution in [3.05, 3.63) is 57.6 Å². The molecule has 2 aromatic carbocycles. The van der Waals surface area contributed by atoms with Crippen LogP contribution < -0.4 is 14.4 Å². The fourth-order valence-corrected chi connectivity index (χ4v) is 5.17. The van der Waals surface area contributed by atoms with Gasteiger partial charge in [-0.05, 0) is 56.5 Å². The van der Waals surface area contributed by atoms with E-state index >= 15 is 0 Å². The van der Waals surface area contributed by atoms with Crippen LogP contribution in [0.15, 0.2) is 36.4 Å². The monoisotopic (exact) mass is 571 g/mol. The molecule has 0 bridgehead atoms. The lowest BCUT2D eigenvalue weighted by Gasteiger charge is -2.34. The highest BCUT2D eigenvalue weighted by Crippen LogP contribution is 2.32. The second kappa shape index (κ2) is 13.3. The minimum absolute atomic E-state index is 0.0771. The zero-order chi connectivity index (χ0) is 27.9. The van der Waals surface area contributed by atoms with Gasteiger partial charge in [0.2, 0.25) is 21.8 Å². The predicted octanol–water partition coefficient (Wildman–Crippen LogP) is 4.80. The Kier molecular flexibility index (Phi) is 11.1. The van der Waals surface area contributed by atoms with Gasteiger partial charge in [-0.1, -0.05) is 49.2 Å². The molecule has 0 aliphatic rings. The van der Waals surface area contributed by atoms with Gasteiger partial charge >= 0.3 is 0 Å². The van der Waals surface area contributed by atoms with Gasteiger partial charge < -0.3 is 15.0 Å². The molecule has 2 aromatic rings. The molecule has 11 heteroatoms. The first-order chi connectivity index (χ1) is 17.3. The van der Waals surface area contributed by atoms with Crippen LogP contribution in [0.25, 0.3) is 0 Å². The molecular weight excluding hydrogens is 537 g/mol. The quantitative estimate of drug-likeness (QED) is 0.394. The third kappa shape index (κ3) is 7.99. The first-order valence-electron chi connectivity index (χ1n) is 12.0. The number of carbonyl (C=O) groups is 2. The fourth-order valence-electron chi connectivity index (χ4n) is 3.80. The Hall–Kier alpha value is -2.49. The summed E-state index contributed by atoms with van der Waals surface area (Å²) in [6.07, 6.45) is 2.02. The van der Waals surface area contributed by atoms with E-state index < -0.39 is 28.5 Å². The van der Waals surface area contributed by atoms with Crippen molar-refractivity contribution in [2.45, 2.75) is 59.2 Å². The summed E-state index contributed by atoms with van der Waals surface area (Å²) in [6, 6.07) is 9.04. The van der Waals surface area contributed by atoms with E-state index in [1.807, 2.05) is 20.8 Å². The maximum atomic E-state index is 13.9. The Labute approximate surface area is 229 Å². The number of nitrogens with one attached hydrogen (secondary N) is 1. The molecule has 8 nitrogen and oxygen atoms in total. The van der Waals surface area contributed by atoms with Gasteiger partial charge in [0.15, 0.2) is 0 Å². The molecule has 204 valence electrons. The van der Waals surface area contributed by atoms with E-state index in [0.717, 1.165) is 16.1 Å². The maximum absolute atomic E-state index is 13.9. The maximum Gasteiger partial charge on any atom is 0.244 e. The number of nitrogens with zero attached hydrogens (tertiary/aromatic N) is 2. The Morgan fingerprint density at radius 1 is 1.08 bits per heavy atom. The van der Waals surface area contributed by atoms with Gasteiger partial charge in [0.1, 0.15) is 18.3 Å². The first kappa shape index (κ1) is 30.7. The lowest BCUT2D eigenvalue weighted by Crippen LogP contribution is -2.53. The highest BCUT2D eigenvalue weighted by molar-refractivity contribution is 7.92. The van der Waals surface area contributed by atoms with E-state index in [9.17, 15) is 18.0 Å². The number of amides is 2. The molecule has 0 aromatic heterocycles. The summed E-state index contributed by atoms with van der Waals surface area (Å²) in [6.45, 7) is 6.78. The Morgan fingerprint density at radius 3 is 2.22 bits per heavy atom. The Morgan fingerprint density at radius 2 is 1.70 bits per heavy atom. The van der Waals surface area contributed by atoms with E-state index in [0.29, 0.717) is 34.2 Å². The molecule has 0 unspecified atom stereocenters. The molecule has 2 rings (SSSR count). The molecule has 0 fully saturated rings. The predicted molar refractivity (Wildman–Crippen MR) is 149 cm³/mol. The summed E-state index contributed by atoms with van der Waals surface area (Å²) in [4.78, 5) is 28.4. The number of methoxy groups -OCH3 is 1. The summed E-state index contributed by atoms with van der Waals surface area (Å²) in [7, 11) is -2.48. The highest BCUT2D eigenvalue weighted by atomic mass is 35.5. The molecule has 0 aliphatic heterocycles. The van der Waals surface area contributed by atoms with Crippen LogP contribution in [-0.2, 0) is 26.2 Å². The van der Waals surface area contributed by atoms with Crippen molar-refractivity contribution >= 4 is 50.7 Å². The minimum Gasteiger partial charge on any atom is -0.495 e. The van der Waals surface area contributed by atoms with Gasteiger partial charge in [-0.25, -0.2) is 8.42 Å². The molecule has 0 spiro atoms. The van der Waals surface area contributed by atoms with Crippen LogP contribution in [0.1, 0.15) is 44.7 Å². The van der Waals surface area contributed by atoms with E-state index in [1.54, 1.807) is 43.3 Å². The Balaban J connectivity index is 2.57. The number of halogens is 2. The highest BCUT2D eigenvalue weighted by Gasteiger charge is 2.33. The van der Waals surface area contributed by atoms with Crippen LogP contribution >= 0.6 is 23.2 Å². The number of sulfonamides is 1. The molecule has 1 N–H and O–H groups in total. The molecular formula is C26H35Cl2N3O5S. The fraction of sp³-hybridized carbons (Fsp3) is 0.462. The van der Waals surface area contributed by atoms with Crippen molar-refractivity contribution in [1.29, 1.82) is 0 Å². The second-order valence-corrected chi connectivity index (χ2v) is 11.6.